The number of hydrogen-bond acceptors (Lipinski definition) is 5. The van der Waals surface area contributed by atoms with Crippen LogP contribution in [-0.4, -0.2) is 38.1 Å². The standard InChI is InChI=1S/C16H18N6/c1-12-14-15(22(20-12)13-8-4-2-5-9-13)17-16(19-18-14)21-10-6-3-7-11-21/h2,4-5,8-9H,3,6-7,10-11H2,1H3. The van der Waals surface area contributed by atoms with E-state index in [1.54, 1.807) is 0 Å². The molecule has 1 aliphatic rings. The van der Waals surface area contributed by atoms with Gasteiger partial charge in [0, 0.05) is 13.1 Å². The van der Waals surface area contributed by atoms with Crippen molar-refractivity contribution in [2.45, 2.75) is 26.2 Å². The predicted octanol–water partition coefficient (Wildman–Crippen LogP) is 2.51. The molecular formula is C16H18N6. The Hall–Kier alpha value is -2.50. The highest BCUT2D eigenvalue weighted by Crippen LogP contribution is 2.21. The maximum atomic E-state index is 4.75. The largest absolute Gasteiger partial charge is 0.339 e. The zero-order chi connectivity index (χ0) is 14.9. The van der Waals surface area contributed by atoms with Crippen molar-refractivity contribution >= 4 is 17.1 Å². The SMILES string of the molecule is Cc1nn(-c2ccccc2)c2nc(N3CCCCC3)nnc12. The van der Waals surface area contributed by atoms with Gasteiger partial charge in [0.05, 0.1) is 11.4 Å². The van der Waals surface area contributed by atoms with Gasteiger partial charge in [-0.25, -0.2) is 4.68 Å². The van der Waals surface area contributed by atoms with Crippen LogP contribution in [0.2, 0.25) is 0 Å². The summed E-state index contributed by atoms with van der Waals surface area (Å²) in [6, 6.07) is 10.0. The molecule has 1 aliphatic heterocycles. The smallest absolute Gasteiger partial charge is 0.247 e. The number of anilines is 1. The molecule has 0 saturated carbocycles. The lowest BCUT2D eigenvalue weighted by Crippen LogP contribution is -2.31. The van der Waals surface area contributed by atoms with Crippen molar-refractivity contribution in [1.29, 1.82) is 0 Å². The Kier molecular flexibility index (Phi) is 3.21. The van der Waals surface area contributed by atoms with Gasteiger partial charge in [-0.1, -0.05) is 18.2 Å². The summed E-state index contributed by atoms with van der Waals surface area (Å²) in [5.74, 6) is 0.712. The highest BCUT2D eigenvalue weighted by Gasteiger charge is 2.18. The summed E-state index contributed by atoms with van der Waals surface area (Å²) in [5.41, 5.74) is 3.39. The first kappa shape index (κ1) is 13.2. The van der Waals surface area contributed by atoms with Crippen molar-refractivity contribution in [2.75, 3.05) is 18.0 Å². The zero-order valence-corrected chi connectivity index (χ0v) is 12.6. The topological polar surface area (TPSA) is 59.7 Å². The van der Waals surface area contributed by atoms with E-state index in [0.29, 0.717) is 5.95 Å². The maximum absolute atomic E-state index is 4.75. The number of hydrogen-bond donors (Lipinski definition) is 0. The van der Waals surface area contributed by atoms with Gasteiger partial charge in [0.15, 0.2) is 11.2 Å². The fourth-order valence-electron chi connectivity index (χ4n) is 2.91. The predicted molar refractivity (Wildman–Crippen MR) is 85.3 cm³/mol. The minimum absolute atomic E-state index is 0.712. The fourth-order valence-corrected chi connectivity index (χ4v) is 2.91. The van der Waals surface area contributed by atoms with Crippen molar-refractivity contribution in [1.82, 2.24) is 25.0 Å². The van der Waals surface area contributed by atoms with E-state index in [-0.39, 0.29) is 0 Å². The summed E-state index contributed by atoms with van der Waals surface area (Å²) in [7, 11) is 0. The lowest BCUT2D eigenvalue weighted by Gasteiger charge is -2.25. The van der Waals surface area contributed by atoms with Gasteiger partial charge in [-0.2, -0.15) is 10.1 Å². The summed E-state index contributed by atoms with van der Waals surface area (Å²) >= 11 is 0. The number of benzene rings is 1. The number of aryl methyl sites for hydroxylation is 1. The summed E-state index contributed by atoms with van der Waals surface area (Å²) in [6.45, 7) is 3.95. The first-order chi connectivity index (χ1) is 10.8. The van der Waals surface area contributed by atoms with E-state index < -0.39 is 0 Å². The molecular weight excluding hydrogens is 276 g/mol. The molecule has 0 bridgehead atoms. The van der Waals surface area contributed by atoms with E-state index in [1.165, 1.54) is 19.3 Å². The summed E-state index contributed by atoms with van der Waals surface area (Å²) in [6.07, 6.45) is 3.67. The number of piperidine rings is 1. The molecule has 0 atom stereocenters. The van der Waals surface area contributed by atoms with Crippen LogP contribution in [0.5, 0.6) is 0 Å². The molecule has 2 aromatic heterocycles. The third kappa shape index (κ3) is 2.20. The molecule has 4 rings (SSSR count). The van der Waals surface area contributed by atoms with Crippen molar-refractivity contribution in [3.05, 3.63) is 36.0 Å². The molecule has 1 aromatic carbocycles. The van der Waals surface area contributed by atoms with Crippen LogP contribution in [0.4, 0.5) is 5.95 Å². The Morgan fingerprint density at radius 2 is 1.73 bits per heavy atom. The number of nitrogens with zero attached hydrogens (tertiary/aromatic N) is 6. The van der Waals surface area contributed by atoms with E-state index in [2.05, 4.69) is 20.2 Å². The second-order valence-electron chi connectivity index (χ2n) is 5.66. The van der Waals surface area contributed by atoms with Gasteiger partial charge in [0.1, 0.15) is 0 Å². The maximum Gasteiger partial charge on any atom is 0.247 e. The first-order valence-electron chi connectivity index (χ1n) is 7.73. The van der Waals surface area contributed by atoms with E-state index in [4.69, 9.17) is 4.98 Å². The van der Waals surface area contributed by atoms with Crippen LogP contribution in [0.15, 0.2) is 30.3 Å². The lowest BCUT2D eigenvalue weighted by molar-refractivity contribution is 0.566. The molecule has 0 unspecified atom stereocenters. The highest BCUT2D eigenvalue weighted by atomic mass is 15.4. The van der Waals surface area contributed by atoms with Gasteiger partial charge >= 0.3 is 0 Å². The van der Waals surface area contributed by atoms with Crippen LogP contribution in [0.1, 0.15) is 25.0 Å². The molecule has 1 saturated heterocycles. The van der Waals surface area contributed by atoms with E-state index >= 15 is 0 Å². The average Bonchev–Trinajstić information content (AvgIpc) is 2.93. The van der Waals surface area contributed by atoms with Crippen molar-refractivity contribution < 1.29 is 0 Å². The van der Waals surface area contributed by atoms with Crippen molar-refractivity contribution in [3.63, 3.8) is 0 Å². The number of aromatic nitrogens is 5. The van der Waals surface area contributed by atoms with Crippen LogP contribution < -0.4 is 4.90 Å². The van der Waals surface area contributed by atoms with E-state index in [9.17, 15) is 0 Å². The molecule has 112 valence electrons. The summed E-state index contributed by atoms with van der Waals surface area (Å²) in [5, 5.41) is 13.3. The minimum atomic E-state index is 0.712. The summed E-state index contributed by atoms with van der Waals surface area (Å²) < 4.78 is 1.85. The molecule has 3 heterocycles. The number of para-hydroxylation sites is 1. The highest BCUT2D eigenvalue weighted by molar-refractivity contribution is 5.75. The second kappa shape index (κ2) is 5.36. The minimum Gasteiger partial charge on any atom is -0.339 e. The van der Waals surface area contributed by atoms with Crippen LogP contribution >= 0.6 is 0 Å². The van der Waals surface area contributed by atoms with Gasteiger partial charge < -0.3 is 4.90 Å². The second-order valence-corrected chi connectivity index (χ2v) is 5.66. The van der Waals surface area contributed by atoms with Crippen LogP contribution in [0, 0.1) is 6.92 Å². The monoisotopic (exact) mass is 294 g/mol. The van der Waals surface area contributed by atoms with Crippen LogP contribution in [-0.2, 0) is 0 Å². The molecule has 6 heteroatoms. The Bertz CT molecular complexity index is 789. The molecule has 1 fully saturated rings. The fraction of sp³-hybridized carbons (Fsp3) is 0.375. The molecule has 0 amide bonds. The lowest BCUT2D eigenvalue weighted by atomic mass is 10.1. The third-order valence-corrected chi connectivity index (χ3v) is 4.09. The van der Waals surface area contributed by atoms with Crippen LogP contribution in [0.3, 0.4) is 0 Å². The average molecular weight is 294 g/mol. The van der Waals surface area contributed by atoms with Gasteiger partial charge in [-0.3, -0.25) is 0 Å². The molecule has 0 aliphatic carbocycles. The van der Waals surface area contributed by atoms with Crippen molar-refractivity contribution in [3.8, 4) is 5.69 Å². The molecule has 0 spiro atoms. The molecule has 6 nitrogen and oxygen atoms in total. The Labute approximate surface area is 128 Å². The first-order valence-corrected chi connectivity index (χ1v) is 7.73. The zero-order valence-electron chi connectivity index (χ0n) is 12.6. The molecule has 0 radical (unpaired) electrons. The van der Waals surface area contributed by atoms with Gasteiger partial charge in [0.25, 0.3) is 0 Å². The quantitative estimate of drug-likeness (QED) is 0.727. The normalized spacial score (nSPS) is 15.4. The van der Waals surface area contributed by atoms with Gasteiger partial charge in [-0.15, -0.1) is 10.2 Å². The Morgan fingerprint density at radius 1 is 0.955 bits per heavy atom. The van der Waals surface area contributed by atoms with Gasteiger partial charge in [0.2, 0.25) is 5.95 Å². The van der Waals surface area contributed by atoms with Crippen molar-refractivity contribution in [2.24, 2.45) is 0 Å². The molecule has 0 N–H and O–H groups in total. The van der Waals surface area contributed by atoms with E-state index in [1.807, 2.05) is 41.9 Å². The third-order valence-electron chi connectivity index (χ3n) is 4.09. The molecule has 22 heavy (non-hydrogen) atoms. The van der Waals surface area contributed by atoms with Crippen LogP contribution in [0.25, 0.3) is 16.9 Å². The Morgan fingerprint density at radius 3 is 2.50 bits per heavy atom. The molecule has 3 aromatic rings. The Balaban J connectivity index is 1.84. The van der Waals surface area contributed by atoms with E-state index in [0.717, 1.165) is 35.6 Å². The van der Waals surface area contributed by atoms with Gasteiger partial charge in [-0.05, 0) is 38.3 Å². The summed E-state index contributed by atoms with van der Waals surface area (Å²) in [4.78, 5) is 6.96. The number of rotatable bonds is 2. The number of fused-ring (bicyclic) bond motifs is 1.